The van der Waals surface area contributed by atoms with Gasteiger partial charge in [-0.25, -0.2) is 9.59 Å². The first-order valence-corrected chi connectivity index (χ1v) is 4.92. The molecule has 0 aliphatic carbocycles. The summed E-state index contributed by atoms with van der Waals surface area (Å²) in [4.78, 5) is 44.8. The molecule has 10 nitrogen and oxygen atoms in total. The molecule has 0 fully saturated rings. The van der Waals surface area contributed by atoms with Gasteiger partial charge < -0.3 is 33.1 Å². The third kappa shape index (κ3) is 2.05. The van der Waals surface area contributed by atoms with E-state index in [9.17, 15) is 19.2 Å². The Morgan fingerprint density at radius 3 is 1.10 bits per heavy atom. The SMILES string of the molecule is NC(=O)c1c(N)c(C(N)=O)c(C(=O)O)c(N)c1C(=O)O. The van der Waals surface area contributed by atoms with Gasteiger partial charge in [-0.1, -0.05) is 0 Å². The molecule has 106 valence electrons. The number of anilines is 2. The number of nitrogen functional groups attached to an aromatic ring is 2. The first-order chi connectivity index (χ1) is 9.11. The highest BCUT2D eigenvalue weighted by atomic mass is 16.4. The second-order valence-electron chi connectivity index (χ2n) is 3.67. The summed E-state index contributed by atoms with van der Waals surface area (Å²) < 4.78 is 0. The number of rotatable bonds is 4. The van der Waals surface area contributed by atoms with Gasteiger partial charge >= 0.3 is 11.9 Å². The Hall–Kier alpha value is -3.30. The van der Waals surface area contributed by atoms with Crippen molar-refractivity contribution in [3.8, 4) is 0 Å². The van der Waals surface area contributed by atoms with Crippen molar-refractivity contribution in [2.45, 2.75) is 0 Å². The summed E-state index contributed by atoms with van der Waals surface area (Å²) in [5, 5.41) is 18.0. The summed E-state index contributed by atoms with van der Waals surface area (Å²) in [6.07, 6.45) is 0. The molecule has 0 heterocycles. The average Bonchev–Trinajstić information content (AvgIpc) is 2.28. The van der Waals surface area contributed by atoms with Crippen molar-refractivity contribution in [1.29, 1.82) is 0 Å². The Morgan fingerprint density at radius 1 is 0.650 bits per heavy atom. The largest absolute Gasteiger partial charge is 0.478 e. The lowest BCUT2D eigenvalue weighted by atomic mass is 9.92. The van der Waals surface area contributed by atoms with Gasteiger partial charge in [0, 0.05) is 0 Å². The van der Waals surface area contributed by atoms with E-state index in [1.54, 1.807) is 0 Å². The van der Waals surface area contributed by atoms with E-state index < -0.39 is 57.4 Å². The maximum absolute atomic E-state index is 11.3. The number of carboxylic acids is 2. The third-order valence-corrected chi connectivity index (χ3v) is 2.50. The Kier molecular flexibility index (Phi) is 3.51. The highest BCUT2D eigenvalue weighted by Gasteiger charge is 2.32. The molecule has 0 aromatic heterocycles. The van der Waals surface area contributed by atoms with Crippen LogP contribution >= 0.6 is 0 Å². The number of benzene rings is 1. The summed E-state index contributed by atoms with van der Waals surface area (Å²) in [5.74, 6) is -6.01. The standard InChI is InChI=1S/C10H10N4O6/c11-5-1(7(13)15)3(9(17)18)6(12)4(10(19)20)2(5)8(14)16/h11-12H2,(H2,13,15)(H2,14,16)(H,17,18)(H,19,20). The number of primary amides is 2. The van der Waals surface area contributed by atoms with Crippen LogP contribution in [0, 0.1) is 0 Å². The van der Waals surface area contributed by atoms with E-state index in [1.165, 1.54) is 0 Å². The van der Waals surface area contributed by atoms with Gasteiger partial charge in [0.25, 0.3) is 11.8 Å². The molecule has 1 aromatic carbocycles. The number of hydrogen-bond donors (Lipinski definition) is 6. The molecule has 1 aromatic rings. The zero-order valence-corrected chi connectivity index (χ0v) is 9.84. The monoisotopic (exact) mass is 282 g/mol. The Labute approximate surface area is 110 Å². The van der Waals surface area contributed by atoms with E-state index in [1.807, 2.05) is 0 Å². The van der Waals surface area contributed by atoms with Gasteiger partial charge in [-0.05, 0) is 0 Å². The van der Waals surface area contributed by atoms with Gasteiger partial charge in [-0.2, -0.15) is 0 Å². The molecule has 10 heteroatoms. The first kappa shape index (κ1) is 14.8. The van der Waals surface area contributed by atoms with E-state index in [2.05, 4.69) is 0 Å². The lowest BCUT2D eigenvalue weighted by molar-refractivity contribution is 0.0692. The third-order valence-electron chi connectivity index (χ3n) is 2.50. The van der Waals surface area contributed by atoms with E-state index in [-0.39, 0.29) is 0 Å². The normalized spacial score (nSPS) is 10.0. The van der Waals surface area contributed by atoms with Crippen molar-refractivity contribution in [3.63, 3.8) is 0 Å². The van der Waals surface area contributed by atoms with Gasteiger partial charge in [0.05, 0.1) is 33.6 Å². The van der Waals surface area contributed by atoms with Crippen LogP contribution in [0.4, 0.5) is 11.4 Å². The maximum Gasteiger partial charge on any atom is 0.338 e. The number of aromatic carboxylic acids is 2. The Bertz CT molecular complexity index is 556. The summed E-state index contributed by atoms with van der Waals surface area (Å²) in [6, 6.07) is 0. The molecule has 0 radical (unpaired) electrons. The molecular formula is C10H10N4O6. The van der Waals surface area contributed by atoms with Crippen LogP contribution in [-0.4, -0.2) is 34.0 Å². The number of carbonyl (C=O) groups excluding carboxylic acids is 2. The van der Waals surface area contributed by atoms with E-state index in [4.69, 9.17) is 33.1 Å². The second kappa shape index (κ2) is 4.76. The number of amides is 2. The van der Waals surface area contributed by atoms with Gasteiger partial charge in [-0.15, -0.1) is 0 Å². The molecule has 2 amide bonds. The van der Waals surface area contributed by atoms with Gasteiger partial charge in [-0.3, -0.25) is 9.59 Å². The van der Waals surface area contributed by atoms with E-state index in [0.29, 0.717) is 0 Å². The van der Waals surface area contributed by atoms with Crippen LogP contribution in [0.15, 0.2) is 0 Å². The van der Waals surface area contributed by atoms with Gasteiger partial charge in [0.15, 0.2) is 0 Å². The molecule has 20 heavy (non-hydrogen) atoms. The van der Waals surface area contributed by atoms with Crippen molar-refractivity contribution >= 4 is 35.1 Å². The molecule has 0 aliphatic rings. The minimum atomic E-state index is -1.72. The predicted octanol–water partition coefficient (Wildman–Crippen LogP) is -1.55. The highest BCUT2D eigenvalue weighted by molar-refractivity contribution is 6.20. The van der Waals surface area contributed by atoms with Crippen LogP contribution in [-0.2, 0) is 0 Å². The summed E-state index contributed by atoms with van der Waals surface area (Å²) in [6.45, 7) is 0. The fourth-order valence-electron chi connectivity index (χ4n) is 1.74. The molecule has 1 rings (SSSR count). The van der Waals surface area contributed by atoms with Crippen molar-refractivity contribution in [3.05, 3.63) is 22.3 Å². The lowest BCUT2D eigenvalue weighted by Gasteiger charge is -2.16. The van der Waals surface area contributed by atoms with Crippen molar-refractivity contribution in [1.82, 2.24) is 0 Å². The second-order valence-corrected chi connectivity index (χ2v) is 3.67. The lowest BCUT2D eigenvalue weighted by Crippen LogP contribution is -2.27. The zero-order chi connectivity index (χ0) is 15.8. The number of hydrogen-bond acceptors (Lipinski definition) is 6. The van der Waals surface area contributed by atoms with E-state index in [0.717, 1.165) is 0 Å². The van der Waals surface area contributed by atoms with Crippen LogP contribution in [0.2, 0.25) is 0 Å². The molecule has 0 spiro atoms. The molecule has 0 unspecified atom stereocenters. The number of nitrogens with two attached hydrogens (primary N) is 4. The fraction of sp³-hybridized carbons (Fsp3) is 0. The molecular weight excluding hydrogens is 272 g/mol. The molecule has 0 aliphatic heterocycles. The van der Waals surface area contributed by atoms with E-state index >= 15 is 0 Å². The minimum Gasteiger partial charge on any atom is -0.478 e. The van der Waals surface area contributed by atoms with Crippen molar-refractivity contribution in [2.24, 2.45) is 11.5 Å². The van der Waals surface area contributed by atoms with Crippen LogP contribution in [0.1, 0.15) is 41.4 Å². The zero-order valence-electron chi connectivity index (χ0n) is 9.84. The van der Waals surface area contributed by atoms with Crippen molar-refractivity contribution in [2.75, 3.05) is 11.5 Å². The maximum atomic E-state index is 11.3. The van der Waals surface area contributed by atoms with Crippen molar-refractivity contribution < 1.29 is 29.4 Å². The van der Waals surface area contributed by atoms with Crippen LogP contribution in [0.25, 0.3) is 0 Å². The Balaban J connectivity index is 4.10. The van der Waals surface area contributed by atoms with Gasteiger partial charge in [0.2, 0.25) is 0 Å². The topological polar surface area (TPSA) is 213 Å². The van der Waals surface area contributed by atoms with Crippen LogP contribution in [0.5, 0.6) is 0 Å². The molecule has 10 N–H and O–H groups in total. The van der Waals surface area contributed by atoms with Gasteiger partial charge in [0.1, 0.15) is 0 Å². The number of carbonyl (C=O) groups is 4. The van der Waals surface area contributed by atoms with Crippen LogP contribution in [0.3, 0.4) is 0 Å². The highest BCUT2D eigenvalue weighted by Crippen LogP contribution is 2.32. The molecule has 0 saturated heterocycles. The van der Waals surface area contributed by atoms with Crippen LogP contribution < -0.4 is 22.9 Å². The number of carboxylic acid groups (broad SMARTS) is 2. The first-order valence-electron chi connectivity index (χ1n) is 4.92. The summed E-state index contributed by atoms with van der Waals surface area (Å²) in [5.41, 5.74) is 15.9. The average molecular weight is 282 g/mol. The Morgan fingerprint density at radius 2 is 0.900 bits per heavy atom. The summed E-state index contributed by atoms with van der Waals surface area (Å²) >= 11 is 0. The molecule has 0 saturated carbocycles. The molecule has 0 atom stereocenters. The minimum absolute atomic E-state index is 0.742. The summed E-state index contributed by atoms with van der Waals surface area (Å²) in [7, 11) is 0. The smallest absolute Gasteiger partial charge is 0.338 e. The quantitative estimate of drug-likeness (QED) is 0.354. The molecule has 0 bridgehead atoms. The predicted molar refractivity (Wildman–Crippen MR) is 66.2 cm³/mol. The fourth-order valence-corrected chi connectivity index (χ4v) is 1.74.